The molecule has 7 heteroatoms. The standard InChI is InChI=1S/C26H26N2O4S/c1-18-8-9-19(2)20(14-18)17-33(30,31)25-15-28(24-7-5-4-6-23(24)25)16-26(29)27-21-10-12-22(32-3)13-11-21/h4-15H,16-17H2,1-3H3,(H,27,29). The second-order valence-corrected chi connectivity index (χ2v) is 10.1. The molecule has 0 aliphatic heterocycles. The first-order valence-electron chi connectivity index (χ1n) is 10.6. The zero-order chi connectivity index (χ0) is 23.6. The van der Waals surface area contributed by atoms with Crippen molar-refractivity contribution in [2.45, 2.75) is 31.0 Å². The zero-order valence-electron chi connectivity index (χ0n) is 18.8. The molecule has 0 saturated heterocycles. The Kier molecular flexibility index (Phi) is 6.24. The van der Waals surface area contributed by atoms with Crippen LogP contribution in [0.1, 0.15) is 16.7 Å². The van der Waals surface area contributed by atoms with Crippen molar-refractivity contribution in [2.75, 3.05) is 12.4 Å². The lowest BCUT2D eigenvalue weighted by molar-refractivity contribution is -0.116. The molecule has 0 fully saturated rings. The first-order valence-corrected chi connectivity index (χ1v) is 12.2. The van der Waals surface area contributed by atoms with Crippen LogP contribution in [0.5, 0.6) is 5.75 Å². The van der Waals surface area contributed by atoms with Crippen LogP contribution < -0.4 is 10.1 Å². The molecule has 4 aromatic rings. The van der Waals surface area contributed by atoms with Gasteiger partial charge >= 0.3 is 0 Å². The fourth-order valence-corrected chi connectivity index (χ4v) is 5.53. The molecule has 0 spiro atoms. The average molecular weight is 463 g/mol. The number of methoxy groups -OCH3 is 1. The van der Waals surface area contributed by atoms with Gasteiger partial charge in [-0.1, -0.05) is 42.0 Å². The van der Waals surface area contributed by atoms with Crippen LogP contribution >= 0.6 is 0 Å². The van der Waals surface area contributed by atoms with Crippen LogP contribution in [-0.2, 0) is 26.9 Å². The van der Waals surface area contributed by atoms with E-state index in [0.29, 0.717) is 22.3 Å². The van der Waals surface area contributed by atoms with E-state index in [1.807, 2.05) is 44.2 Å². The predicted molar refractivity (Wildman–Crippen MR) is 130 cm³/mol. The molecule has 0 aliphatic carbocycles. The maximum absolute atomic E-state index is 13.4. The number of benzene rings is 3. The Morgan fingerprint density at radius 2 is 1.73 bits per heavy atom. The highest BCUT2D eigenvalue weighted by molar-refractivity contribution is 7.90. The normalized spacial score (nSPS) is 11.5. The molecule has 1 heterocycles. The highest BCUT2D eigenvalue weighted by atomic mass is 32.2. The Hall–Kier alpha value is -3.58. The van der Waals surface area contributed by atoms with Gasteiger partial charge in [0.1, 0.15) is 12.3 Å². The number of anilines is 1. The van der Waals surface area contributed by atoms with Gasteiger partial charge in [-0.25, -0.2) is 8.42 Å². The van der Waals surface area contributed by atoms with Crippen LogP contribution in [0.2, 0.25) is 0 Å². The van der Waals surface area contributed by atoms with Crippen molar-refractivity contribution >= 4 is 32.3 Å². The zero-order valence-corrected chi connectivity index (χ0v) is 19.6. The Labute approximate surface area is 193 Å². The van der Waals surface area contributed by atoms with Crippen molar-refractivity contribution in [3.63, 3.8) is 0 Å². The third kappa shape index (κ3) is 4.93. The molecule has 3 aromatic carbocycles. The molecule has 0 aliphatic rings. The number of fused-ring (bicyclic) bond motifs is 1. The highest BCUT2D eigenvalue weighted by Crippen LogP contribution is 2.29. The number of sulfone groups is 1. The van der Waals surface area contributed by atoms with Crippen LogP contribution in [0.3, 0.4) is 0 Å². The van der Waals surface area contributed by atoms with Crippen molar-refractivity contribution in [1.82, 2.24) is 4.57 Å². The summed E-state index contributed by atoms with van der Waals surface area (Å²) in [5, 5.41) is 3.45. The molecule has 1 N–H and O–H groups in total. The number of ether oxygens (including phenoxy) is 1. The summed E-state index contributed by atoms with van der Waals surface area (Å²) in [4.78, 5) is 12.9. The maximum atomic E-state index is 13.4. The van der Waals surface area contributed by atoms with Gasteiger partial charge in [0.2, 0.25) is 5.91 Å². The van der Waals surface area contributed by atoms with Gasteiger partial charge < -0.3 is 14.6 Å². The molecular formula is C26H26N2O4S. The molecule has 33 heavy (non-hydrogen) atoms. The molecule has 0 atom stereocenters. The number of carbonyl (C=O) groups excluding carboxylic acids is 1. The molecule has 1 aromatic heterocycles. The number of hydrogen-bond acceptors (Lipinski definition) is 4. The molecule has 1 amide bonds. The summed E-state index contributed by atoms with van der Waals surface area (Å²) in [6.07, 6.45) is 1.57. The van der Waals surface area contributed by atoms with E-state index in [2.05, 4.69) is 5.32 Å². The minimum atomic E-state index is -3.63. The van der Waals surface area contributed by atoms with Gasteiger partial charge in [-0.15, -0.1) is 0 Å². The molecule has 0 saturated carbocycles. The lowest BCUT2D eigenvalue weighted by Crippen LogP contribution is -2.18. The van der Waals surface area contributed by atoms with Gasteiger partial charge in [-0.2, -0.15) is 0 Å². The number of nitrogens with one attached hydrogen (secondary N) is 1. The summed E-state index contributed by atoms with van der Waals surface area (Å²) in [5.74, 6) is 0.356. The fourth-order valence-electron chi connectivity index (χ4n) is 3.86. The van der Waals surface area contributed by atoms with E-state index >= 15 is 0 Å². The summed E-state index contributed by atoms with van der Waals surface area (Å²) >= 11 is 0. The SMILES string of the molecule is COc1ccc(NC(=O)Cn2cc(S(=O)(=O)Cc3cc(C)ccc3C)c3ccccc32)cc1. The van der Waals surface area contributed by atoms with Crippen LogP contribution in [0.15, 0.2) is 77.8 Å². The smallest absolute Gasteiger partial charge is 0.244 e. The number of aromatic nitrogens is 1. The van der Waals surface area contributed by atoms with Crippen LogP contribution in [0, 0.1) is 13.8 Å². The van der Waals surface area contributed by atoms with Gasteiger partial charge in [0.25, 0.3) is 0 Å². The van der Waals surface area contributed by atoms with E-state index in [-0.39, 0.29) is 23.1 Å². The van der Waals surface area contributed by atoms with Gasteiger partial charge in [0.15, 0.2) is 9.84 Å². The third-order valence-corrected chi connectivity index (χ3v) is 7.31. The summed E-state index contributed by atoms with van der Waals surface area (Å²) < 4.78 is 33.6. The number of carbonyl (C=O) groups is 1. The monoisotopic (exact) mass is 462 g/mol. The summed E-state index contributed by atoms with van der Waals surface area (Å²) in [6.45, 7) is 3.85. The Balaban J connectivity index is 1.63. The Morgan fingerprint density at radius 3 is 2.45 bits per heavy atom. The quantitative estimate of drug-likeness (QED) is 0.425. The van der Waals surface area contributed by atoms with Crippen LogP contribution in [0.4, 0.5) is 5.69 Å². The number of para-hydroxylation sites is 1. The molecular weight excluding hydrogens is 436 g/mol. The minimum Gasteiger partial charge on any atom is -0.497 e. The van der Waals surface area contributed by atoms with Gasteiger partial charge in [-0.05, 0) is 55.3 Å². The van der Waals surface area contributed by atoms with E-state index in [1.165, 1.54) is 0 Å². The molecule has 0 bridgehead atoms. The molecule has 0 unspecified atom stereocenters. The predicted octanol–water partition coefficient (Wildman–Crippen LogP) is 4.88. The van der Waals surface area contributed by atoms with Gasteiger partial charge in [0, 0.05) is 22.8 Å². The van der Waals surface area contributed by atoms with E-state index in [9.17, 15) is 13.2 Å². The number of nitrogens with zero attached hydrogens (tertiary/aromatic N) is 1. The maximum Gasteiger partial charge on any atom is 0.244 e. The van der Waals surface area contributed by atoms with E-state index < -0.39 is 9.84 Å². The fraction of sp³-hybridized carbons (Fsp3) is 0.192. The topological polar surface area (TPSA) is 77.4 Å². The largest absolute Gasteiger partial charge is 0.497 e. The molecule has 6 nitrogen and oxygen atoms in total. The van der Waals surface area contributed by atoms with Crippen molar-refractivity contribution in [3.05, 3.63) is 89.6 Å². The number of hydrogen-bond donors (Lipinski definition) is 1. The second kappa shape index (κ2) is 9.11. The van der Waals surface area contributed by atoms with Crippen molar-refractivity contribution < 1.29 is 17.9 Å². The van der Waals surface area contributed by atoms with Gasteiger partial charge in [0.05, 0.1) is 17.8 Å². The van der Waals surface area contributed by atoms with Crippen LogP contribution in [0.25, 0.3) is 10.9 Å². The molecule has 0 radical (unpaired) electrons. The van der Waals surface area contributed by atoms with Crippen LogP contribution in [-0.4, -0.2) is 26.0 Å². The number of amides is 1. The van der Waals surface area contributed by atoms with E-state index in [4.69, 9.17) is 4.74 Å². The number of rotatable bonds is 7. The molecule has 170 valence electrons. The highest BCUT2D eigenvalue weighted by Gasteiger charge is 2.23. The minimum absolute atomic E-state index is 0.00840. The third-order valence-electron chi connectivity index (χ3n) is 5.62. The van der Waals surface area contributed by atoms with Crippen molar-refractivity contribution in [3.8, 4) is 5.75 Å². The number of aryl methyl sites for hydroxylation is 2. The summed E-state index contributed by atoms with van der Waals surface area (Å²) in [7, 11) is -2.05. The van der Waals surface area contributed by atoms with Crippen molar-refractivity contribution in [2.24, 2.45) is 0 Å². The summed E-state index contributed by atoms with van der Waals surface area (Å²) in [6, 6.07) is 20.1. The summed E-state index contributed by atoms with van der Waals surface area (Å²) in [5.41, 5.74) is 4.07. The average Bonchev–Trinajstić information content (AvgIpc) is 3.16. The van der Waals surface area contributed by atoms with Gasteiger partial charge in [-0.3, -0.25) is 4.79 Å². The molecule has 4 rings (SSSR count). The van der Waals surface area contributed by atoms with E-state index in [0.717, 1.165) is 16.7 Å². The first kappa shape index (κ1) is 22.6. The second-order valence-electron chi connectivity index (χ2n) is 8.10. The lowest BCUT2D eigenvalue weighted by Gasteiger charge is -2.08. The van der Waals surface area contributed by atoms with Crippen molar-refractivity contribution in [1.29, 1.82) is 0 Å². The Bertz CT molecular complexity index is 1420. The lowest BCUT2D eigenvalue weighted by atomic mass is 10.1. The first-order chi connectivity index (χ1) is 15.8. The Morgan fingerprint density at radius 1 is 1.00 bits per heavy atom. The van der Waals surface area contributed by atoms with E-state index in [1.54, 1.807) is 54.3 Å².